The first-order valence-electron chi connectivity index (χ1n) is 7.07. The number of hydrogen-bond acceptors (Lipinski definition) is 3. The van der Waals surface area contributed by atoms with Crippen LogP contribution in [0, 0.1) is 0 Å². The standard InChI is InChI=1S/C13H26N2O3S/c1-4-5-10-14(2)13(16)11-15(19(3,17)18)12-8-6-7-9-12/h12H,4-11H2,1-3H3. The van der Waals surface area contributed by atoms with Gasteiger partial charge in [-0.3, -0.25) is 4.79 Å². The predicted octanol–water partition coefficient (Wildman–Crippen LogP) is 1.45. The zero-order chi connectivity index (χ0) is 14.5. The highest BCUT2D eigenvalue weighted by Crippen LogP contribution is 2.25. The Hall–Kier alpha value is -0.620. The molecule has 0 aromatic rings. The third kappa shape index (κ3) is 5.10. The number of likely N-dealkylation sites (N-methyl/N-ethyl adjacent to an activating group) is 1. The van der Waals surface area contributed by atoms with Crippen molar-refractivity contribution in [2.45, 2.75) is 51.5 Å². The van der Waals surface area contributed by atoms with Crippen molar-refractivity contribution in [2.75, 3.05) is 26.4 Å². The van der Waals surface area contributed by atoms with Crippen LogP contribution in [0.5, 0.6) is 0 Å². The summed E-state index contributed by atoms with van der Waals surface area (Å²) >= 11 is 0. The lowest BCUT2D eigenvalue weighted by Crippen LogP contribution is -2.45. The minimum Gasteiger partial charge on any atom is -0.345 e. The van der Waals surface area contributed by atoms with Crippen LogP contribution >= 0.6 is 0 Å². The van der Waals surface area contributed by atoms with E-state index in [9.17, 15) is 13.2 Å². The van der Waals surface area contributed by atoms with Crippen LogP contribution in [0.2, 0.25) is 0 Å². The Morgan fingerprint density at radius 2 is 1.84 bits per heavy atom. The number of amides is 1. The summed E-state index contributed by atoms with van der Waals surface area (Å²) in [5.41, 5.74) is 0. The van der Waals surface area contributed by atoms with Crippen molar-refractivity contribution in [2.24, 2.45) is 0 Å². The van der Waals surface area contributed by atoms with Crippen LogP contribution in [0.25, 0.3) is 0 Å². The topological polar surface area (TPSA) is 57.7 Å². The van der Waals surface area contributed by atoms with E-state index in [1.54, 1.807) is 11.9 Å². The summed E-state index contributed by atoms with van der Waals surface area (Å²) in [5, 5.41) is 0. The molecule has 1 aliphatic rings. The maximum absolute atomic E-state index is 12.1. The minimum atomic E-state index is -3.31. The van der Waals surface area contributed by atoms with Crippen LogP contribution in [-0.2, 0) is 14.8 Å². The molecule has 1 amide bonds. The molecular weight excluding hydrogens is 264 g/mol. The lowest BCUT2D eigenvalue weighted by atomic mass is 10.2. The quantitative estimate of drug-likeness (QED) is 0.713. The van der Waals surface area contributed by atoms with Crippen LogP contribution in [0.1, 0.15) is 45.4 Å². The lowest BCUT2D eigenvalue weighted by molar-refractivity contribution is -0.130. The molecule has 0 unspecified atom stereocenters. The molecule has 5 nitrogen and oxygen atoms in total. The monoisotopic (exact) mass is 290 g/mol. The molecule has 0 aliphatic heterocycles. The molecule has 0 atom stereocenters. The summed E-state index contributed by atoms with van der Waals surface area (Å²) in [6.45, 7) is 2.75. The van der Waals surface area contributed by atoms with Crippen LogP contribution in [0.3, 0.4) is 0 Å². The van der Waals surface area contributed by atoms with Gasteiger partial charge in [-0.05, 0) is 19.3 Å². The van der Waals surface area contributed by atoms with Gasteiger partial charge >= 0.3 is 0 Å². The average molecular weight is 290 g/mol. The van der Waals surface area contributed by atoms with Gasteiger partial charge in [0.05, 0.1) is 12.8 Å². The molecule has 1 aliphatic carbocycles. The summed E-state index contributed by atoms with van der Waals surface area (Å²) in [6, 6.07) is 0.0125. The van der Waals surface area contributed by atoms with E-state index >= 15 is 0 Å². The number of hydrogen-bond donors (Lipinski definition) is 0. The molecule has 19 heavy (non-hydrogen) atoms. The summed E-state index contributed by atoms with van der Waals surface area (Å²) in [5.74, 6) is -0.106. The van der Waals surface area contributed by atoms with Crippen LogP contribution in [0.4, 0.5) is 0 Å². The first kappa shape index (κ1) is 16.4. The molecule has 0 spiro atoms. The summed E-state index contributed by atoms with van der Waals surface area (Å²) in [7, 11) is -1.57. The highest BCUT2D eigenvalue weighted by atomic mass is 32.2. The Morgan fingerprint density at radius 1 is 1.26 bits per heavy atom. The molecule has 112 valence electrons. The van der Waals surface area contributed by atoms with Crippen molar-refractivity contribution in [1.82, 2.24) is 9.21 Å². The van der Waals surface area contributed by atoms with E-state index in [1.165, 1.54) is 10.6 Å². The maximum atomic E-state index is 12.1. The second-order valence-corrected chi connectivity index (χ2v) is 7.35. The first-order valence-corrected chi connectivity index (χ1v) is 8.92. The van der Waals surface area contributed by atoms with Crippen molar-refractivity contribution >= 4 is 15.9 Å². The van der Waals surface area contributed by atoms with E-state index in [0.717, 1.165) is 38.5 Å². The van der Waals surface area contributed by atoms with Gasteiger partial charge in [0.1, 0.15) is 0 Å². The van der Waals surface area contributed by atoms with Crippen molar-refractivity contribution < 1.29 is 13.2 Å². The fourth-order valence-corrected chi connectivity index (χ4v) is 3.58. The Morgan fingerprint density at radius 3 is 2.32 bits per heavy atom. The van der Waals surface area contributed by atoms with E-state index in [2.05, 4.69) is 6.92 Å². The zero-order valence-electron chi connectivity index (χ0n) is 12.3. The Bertz CT molecular complexity index is 389. The number of nitrogens with zero attached hydrogens (tertiary/aromatic N) is 2. The molecule has 0 heterocycles. The molecule has 1 saturated carbocycles. The molecule has 0 aromatic carbocycles. The smallest absolute Gasteiger partial charge is 0.237 e. The zero-order valence-corrected chi connectivity index (χ0v) is 13.1. The highest BCUT2D eigenvalue weighted by Gasteiger charge is 2.31. The fraction of sp³-hybridized carbons (Fsp3) is 0.923. The number of rotatable bonds is 7. The molecule has 0 N–H and O–H groups in total. The number of carbonyl (C=O) groups is 1. The van der Waals surface area contributed by atoms with E-state index < -0.39 is 10.0 Å². The molecule has 6 heteroatoms. The van der Waals surface area contributed by atoms with Crippen LogP contribution in [0.15, 0.2) is 0 Å². The van der Waals surface area contributed by atoms with Crippen LogP contribution < -0.4 is 0 Å². The number of unbranched alkanes of at least 4 members (excludes halogenated alkanes) is 1. The number of carbonyl (C=O) groups excluding carboxylic acids is 1. The second-order valence-electron chi connectivity index (χ2n) is 5.42. The van der Waals surface area contributed by atoms with Gasteiger partial charge in [-0.15, -0.1) is 0 Å². The third-order valence-corrected chi connectivity index (χ3v) is 5.00. The molecule has 0 aromatic heterocycles. The van der Waals surface area contributed by atoms with E-state index in [1.807, 2.05) is 0 Å². The molecule has 1 fully saturated rings. The molecule has 0 saturated heterocycles. The molecular formula is C13H26N2O3S. The number of sulfonamides is 1. The SMILES string of the molecule is CCCCN(C)C(=O)CN(C1CCCC1)S(C)(=O)=O. The minimum absolute atomic E-state index is 0.0102. The van der Waals surface area contributed by atoms with Crippen molar-refractivity contribution in [3.63, 3.8) is 0 Å². The largest absolute Gasteiger partial charge is 0.345 e. The third-order valence-electron chi connectivity index (χ3n) is 3.72. The summed E-state index contributed by atoms with van der Waals surface area (Å²) in [4.78, 5) is 13.7. The maximum Gasteiger partial charge on any atom is 0.237 e. The molecule has 0 bridgehead atoms. The summed E-state index contributed by atoms with van der Waals surface area (Å²) < 4.78 is 25.1. The first-order chi connectivity index (χ1) is 8.86. The van der Waals surface area contributed by atoms with Crippen molar-refractivity contribution in [1.29, 1.82) is 0 Å². The van der Waals surface area contributed by atoms with E-state index in [4.69, 9.17) is 0 Å². The van der Waals surface area contributed by atoms with Gasteiger partial charge in [0.15, 0.2) is 0 Å². The fourth-order valence-electron chi connectivity index (χ4n) is 2.48. The van der Waals surface area contributed by atoms with Gasteiger partial charge in [-0.2, -0.15) is 4.31 Å². The van der Waals surface area contributed by atoms with Gasteiger partial charge in [-0.25, -0.2) is 8.42 Å². The predicted molar refractivity (Wildman–Crippen MR) is 76.4 cm³/mol. The van der Waals surface area contributed by atoms with Crippen molar-refractivity contribution in [3.8, 4) is 0 Å². The van der Waals surface area contributed by atoms with Gasteiger partial charge in [0.25, 0.3) is 0 Å². The second kappa shape index (κ2) is 7.24. The normalized spacial score (nSPS) is 17.1. The summed E-state index contributed by atoms with van der Waals surface area (Å²) in [6.07, 6.45) is 7.02. The van der Waals surface area contributed by atoms with Crippen molar-refractivity contribution in [3.05, 3.63) is 0 Å². The molecule has 1 rings (SSSR count). The van der Waals surface area contributed by atoms with E-state index in [-0.39, 0.29) is 18.5 Å². The highest BCUT2D eigenvalue weighted by molar-refractivity contribution is 7.88. The Labute approximate surface area is 117 Å². The van der Waals surface area contributed by atoms with Gasteiger partial charge in [0.2, 0.25) is 15.9 Å². The average Bonchev–Trinajstić information content (AvgIpc) is 2.84. The van der Waals surface area contributed by atoms with Crippen LogP contribution in [-0.4, -0.2) is 56.0 Å². The van der Waals surface area contributed by atoms with Gasteiger partial charge in [-0.1, -0.05) is 26.2 Å². The Balaban J connectivity index is 2.64. The Kier molecular flexibility index (Phi) is 6.26. The van der Waals surface area contributed by atoms with Gasteiger partial charge in [0, 0.05) is 19.6 Å². The molecule has 0 radical (unpaired) electrons. The van der Waals surface area contributed by atoms with Gasteiger partial charge < -0.3 is 4.90 Å². The lowest BCUT2D eigenvalue weighted by Gasteiger charge is -2.28. The van der Waals surface area contributed by atoms with E-state index in [0.29, 0.717) is 6.54 Å².